The summed E-state index contributed by atoms with van der Waals surface area (Å²) < 4.78 is 0. The molecule has 0 amide bonds. The Bertz CT molecular complexity index is 300. The van der Waals surface area contributed by atoms with Crippen LogP contribution in [0.4, 0.5) is 0 Å². The third-order valence-corrected chi connectivity index (χ3v) is 6.01. The van der Waals surface area contributed by atoms with Gasteiger partial charge in [-0.15, -0.1) is 0 Å². The molecule has 0 radical (unpaired) electrons. The van der Waals surface area contributed by atoms with E-state index in [9.17, 15) is 0 Å². The van der Waals surface area contributed by atoms with E-state index in [2.05, 4.69) is 10.2 Å². The van der Waals surface area contributed by atoms with Crippen molar-refractivity contribution in [3.05, 3.63) is 0 Å². The van der Waals surface area contributed by atoms with E-state index in [-0.39, 0.29) is 0 Å². The molecule has 4 rings (SSSR count). The van der Waals surface area contributed by atoms with E-state index in [0.717, 1.165) is 17.9 Å². The molecule has 0 aromatic heterocycles. The molecule has 2 heteroatoms. The molecule has 4 aliphatic rings. The first-order valence-electron chi connectivity index (χ1n) is 8.34. The average Bonchev–Trinajstić information content (AvgIpc) is 3.29. The van der Waals surface area contributed by atoms with E-state index in [1.54, 1.807) is 0 Å². The maximum atomic E-state index is 3.91. The molecule has 1 aliphatic heterocycles. The maximum absolute atomic E-state index is 3.91. The van der Waals surface area contributed by atoms with Gasteiger partial charge in [-0.2, -0.15) is 0 Å². The van der Waals surface area contributed by atoms with Crippen molar-refractivity contribution >= 4 is 0 Å². The highest BCUT2D eigenvalue weighted by molar-refractivity contribution is 5.04. The van der Waals surface area contributed by atoms with E-state index in [4.69, 9.17) is 0 Å². The van der Waals surface area contributed by atoms with Crippen molar-refractivity contribution < 1.29 is 0 Å². The van der Waals surface area contributed by atoms with Gasteiger partial charge >= 0.3 is 0 Å². The smallest absolute Gasteiger partial charge is 0.0334 e. The van der Waals surface area contributed by atoms with Gasteiger partial charge in [-0.05, 0) is 50.5 Å². The van der Waals surface area contributed by atoms with E-state index in [0.29, 0.717) is 5.54 Å². The number of nitrogens with zero attached hydrogens (tertiary/aromatic N) is 1. The van der Waals surface area contributed by atoms with Gasteiger partial charge in [0, 0.05) is 24.7 Å². The summed E-state index contributed by atoms with van der Waals surface area (Å²) in [7, 11) is 0. The zero-order valence-electron chi connectivity index (χ0n) is 11.7. The molecule has 1 heterocycles. The van der Waals surface area contributed by atoms with Crippen LogP contribution < -0.4 is 5.32 Å². The van der Waals surface area contributed by atoms with Crippen molar-refractivity contribution in [2.75, 3.05) is 19.6 Å². The minimum Gasteiger partial charge on any atom is -0.311 e. The fourth-order valence-corrected chi connectivity index (χ4v) is 4.34. The Balaban J connectivity index is 1.43. The normalized spacial score (nSPS) is 36.3. The van der Waals surface area contributed by atoms with E-state index in [1.165, 1.54) is 77.4 Å². The fourth-order valence-electron chi connectivity index (χ4n) is 4.34. The molecule has 0 aromatic rings. The molecular formula is C16H28N2. The van der Waals surface area contributed by atoms with Crippen LogP contribution in [0, 0.1) is 11.8 Å². The quantitative estimate of drug-likeness (QED) is 0.823. The second-order valence-corrected chi connectivity index (χ2v) is 7.43. The van der Waals surface area contributed by atoms with Gasteiger partial charge in [0.15, 0.2) is 0 Å². The van der Waals surface area contributed by atoms with Gasteiger partial charge in [-0.25, -0.2) is 0 Å². The monoisotopic (exact) mass is 248 g/mol. The minimum absolute atomic E-state index is 0.570. The summed E-state index contributed by atoms with van der Waals surface area (Å²) in [6.07, 6.45) is 13.4. The van der Waals surface area contributed by atoms with Crippen LogP contribution in [0.1, 0.15) is 57.8 Å². The van der Waals surface area contributed by atoms with Crippen molar-refractivity contribution in [3.63, 3.8) is 0 Å². The predicted octanol–water partition coefficient (Wildman–Crippen LogP) is 2.78. The van der Waals surface area contributed by atoms with Gasteiger partial charge in [-0.1, -0.05) is 25.7 Å². The molecule has 1 atom stereocenters. The van der Waals surface area contributed by atoms with Gasteiger partial charge in [0.2, 0.25) is 0 Å². The van der Waals surface area contributed by atoms with Gasteiger partial charge < -0.3 is 5.32 Å². The summed E-state index contributed by atoms with van der Waals surface area (Å²) in [5.74, 6) is 2.12. The SMILES string of the molecule is C1CCC2(C1)CNC(C1CC1)CN2CCC1CC1. The highest BCUT2D eigenvalue weighted by Gasteiger charge is 2.46. The lowest BCUT2D eigenvalue weighted by Gasteiger charge is -2.48. The van der Waals surface area contributed by atoms with Gasteiger partial charge in [0.1, 0.15) is 0 Å². The van der Waals surface area contributed by atoms with E-state index < -0.39 is 0 Å². The molecule has 1 unspecified atom stereocenters. The van der Waals surface area contributed by atoms with Crippen molar-refractivity contribution in [1.82, 2.24) is 10.2 Å². The molecule has 1 spiro atoms. The lowest BCUT2D eigenvalue weighted by molar-refractivity contribution is 0.0361. The summed E-state index contributed by atoms with van der Waals surface area (Å²) in [6, 6.07) is 0.829. The van der Waals surface area contributed by atoms with Gasteiger partial charge in [0.25, 0.3) is 0 Å². The van der Waals surface area contributed by atoms with Crippen LogP contribution >= 0.6 is 0 Å². The Morgan fingerprint density at radius 2 is 1.83 bits per heavy atom. The molecule has 18 heavy (non-hydrogen) atoms. The average molecular weight is 248 g/mol. The zero-order chi connectivity index (χ0) is 12.0. The topological polar surface area (TPSA) is 15.3 Å². The van der Waals surface area contributed by atoms with Crippen molar-refractivity contribution in [1.29, 1.82) is 0 Å². The van der Waals surface area contributed by atoms with Crippen molar-refractivity contribution in [2.45, 2.75) is 69.4 Å². The molecule has 2 nitrogen and oxygen atoms in total. The number of hydrogen-bond donors (Lipinski definition) is 1. The van der Waals surface area contributed by atoms with E-state index >= 15 is 0 Å². The van der Waals surface area contributed by atoms with E-state index in [1.807, 2.05) is 0 Å². The van der Waals surface area contributed by atoms with Gasteiger partial charge in [-0.3, -0.25) is 4.90 Å². The summed E-state index contributed by atoms with van der Waals surface area (Å²) in [5, 5.41) is 3.91. The number of rotatable bonds is 4. The molecule has 102 valence electrons. The van der Waals surface area contributed by atoms with Crippen molar-refractivity contribution in [2.24, 2.45) is 11.8 Å². The zero-order valence-corrected chi connectivity index (χ0v) is 11.7. The Hall–Kier alpha value is -0.0800. The molecule has 0 aromatic carbocycles. The largest absolute Gasteiger partial charge is 0.311 e. The highest BCUT2D eigenvalue weighted by atomic mass is 15.3. The minimum atomic E-state index is 0.570. The molecule has 0 bridgehead atoms. The summed E-state index contributed by atoms with van der Waals surface area (Å²) >= 11 is 0. The Kier molecular flexibility index (Phi) is 2.92. The van der Waals surface area contributed by atoms with Crippen LogP contribution in [-0.2, 0) is 0 Å². The van der Waals surface area contributed by atoms with Crippen LogP contribution in [0.5, 0.6) is 0 Å². The Morgan fingerprint density at radius 3 is 2.50 bits per heavy atom. The third-order valence-electron chi connectivity index (χ3n) is 6.01. The lowest BCUT2D eigenvalue weighted by atomic mass is 9.89. The third kappa shape index (κ3) is 2.22. The number of nitrogens with one attached hydrogen (secondary N) is 1. The van der Waals surface area contributed by atoms with Crippen LogP contribution in [0.3, 0.4) is 0 Å². The van der Waals surface area contributed by atoms with Crippen LogP contribution in [0.15, 0.2) is 0 Å². The first-order chi connectivity index (χ1) is 8.86. The summed E-state index contributed by atoms with van der Waals surface area (Å²) in [4.78, 5) is 2.93. The van der Waals surface area contributed by atoms with Crippen LogP contribution in [-0.4, -0.2) is 36.1 Å². The fraction of sp³-hybridized carbons (Fsp3) is 1.00. The molecule has 4 fully saturated rings. The predicted molar refractivity (Wildman–Crippen MR) is 74.6 cm³/mol. The molecule has 1 saturated heterocycles. The first kappa shape index (κ1) is 11.7. The van der Waals surface area contributed by atoms with Gasteiger partial charge in [0.05, 0.1) is 0 Å². The second kappa shape index (κ2) is 4.49. The molecule has 3 aliphatic carbocycles. The standard InChI is InChI=1S/C16H28N2/c1-2-9-16(8-1)12-17-15(14-5-6-14)11-18(16)10-7-13-3-4-13/h13-15,17H,1-12H2. The number of piperazine rings is 1. The van der Waals surface area contributed by atoms with Crippen LogP contribution in [0.2, 0.25) is 0 Å². The summed E-state index contributed by atoms with van der Waals surface area (Å²) in [6.45, 7) is 4.05. The Labute approximate surface area is 111 Å². The highest BCUT2D eigenvalue weighted by Crippen LogP contribution is 2.42. The number of hydrogen-bond acceptors (Lipinski definition) is 2. The molecule has 1 N–H and O–H groups in total. The maximum Gasteiger partial charge on any atom is 0.0334 e. The Morgan fingerprint density at radius 1 is 1.06 bits per heavy atom. The lowest BCUT2D eigenvalue weighted by Crippen LogP contribution is -2.64. The first-order valence-corrected chi connectivity index (χ1v) is 8.34. The molecule has 3 saturated carbocycles. The second-order valence-electron chi connectivity index (χ2n) is 7.43. The molecular weight excluding hydrogens is 220 g/mol. The van der Waals surface area contributed by atoms with Crippen molar-refractivity contribution in [3.8, 4) is 0 Å². The summed E-state index contributed by atoms with van der Waals surface area (Å²) in [5.41, 5.74) is 0.570. The van der Waals surface area contributed by atoms with Crippen LogP contribution in [0.25, 0.3) is 0 Å².